The Bertz CT molecular complexity index is 1600. The molecular weight excluding hydrogens is 590 g/mol. The fourth-order valence-corrected chi connectivity index (χ4v) is 7.89. The van der Waals surface area contributed by atoms with E-state index in [-0.39, 0.29) is 22.2 Å². The van der Waals surface area contributed by atoms with Crippen LogP contribution in [0.4, 0.5) is 11.6 Å². The average molecular weight is 636 g/mol. The number of amides is 1. The Morgan fingerprint density at radius 1 is 0.933 bits per heavy atom. The number of ether oxygens (including phenoxy) is 1. The third-order valence-electron chi connectivity index (χ3n) is 9.43. The molecule has 1 saturated carbocycles. The van der Waals surface area contributed by atoms with Gasteiger partial charge in [-0.25, -0.2) is 19.4 Å². The van der Waals surface area contributed by atoms with Gasteiger partial charge < -0.3 is 15.0 Å². The summed E-state index contributed by atoms with van der Waals surface area (Å²) in [5.41, 5.74) is -0.0886. The molecule has 45 heavy (non-hydrogen) atoms. The summed E-state index contributed by atoms with van der Waals surface area (Å²) in [6, 6.07) is 10.1. The third-order valence-corrected chi connectivity index (χ3v) is 10.7. The van der Waals surface area contributed by atoms with Gasteiger partial charge in [-0.3, -0.25) is 4.79 Å². The van der Waals surface area contributed by atoms with Crippen molar-refractivity contribution in [2.24, 2.45) is 5.92 Å². The maximum atomic E-state index is 13.8. The van der Waals surface area contributed by atoms with Gasteiger partial charge in [-0.15, -0.1) is 5.10 Å². The van der Waals surface area contributed by atoms with E-state index in [9.17, 15) is 13.2 Å². The molecule has 3 aromatic heterocycles. The van der Waals surface area contributed by atoms with E-state index in [1.807, 2.05) is 12.3 Å². The molecule has 242 valence electrons. The molecule has 1 aliphatic carbocycles. The lowest BCUT2D eigenvalue weighted by atomic mass is 10.0. The standard InChI is InChI=1S/C33H45N7O4S/c1-33(2)20-18-25-13-6-4-3-5-9-21-34-27-14-10-15-30(35-27)45(42,43)38-32(41)26-16-17-28(36-31(26)40(25)33)39-22-19-29(37-39)44-23-24-11-7-8-12-24/h10,14-17,19,22,24-25H,3-9,11-13,18,20-21,23H2,1-2H3,(H,34,35)(H,38,41). The number of hydrogen-bond donors (Lipinski definition) is 2. The maximum Gasteiger partial charge on any atom is 0.281 e. The molecule has 11 nitrogen and oxygen atoms in total. The Morgan fingerprint density at radius 3 is 2.56 bits per heavy atom. The van der Waals surface area contributed by atoms with Crippen LogP contribution in [0, 0.1) is 5.92 Å². The van der Waals surface area contributed by atoms with Crippen molar-refractivity contribution in [1.82, 2.24) is 24.5 Å². The number of aromatic nitrogens is 4. The summed E-state index contributed by atoms with van der Waals surface area (Å²) in [7, 11) is -4.25. The van der Waals surface area contributed by atoms with E-state index in [1.54, 1.807) is 28.9 Å². The minimum Gasteiger partial charge on any atom is -0.476 e. The lowest BCUT2D eigenvalue weighted by Gasteiger charge is -2.38. The van der Waals surface area contributed by atoms with Crippen molar-refractivity contribution in [2.45, 2.75) is 108 Å². The van der Waals surface area contributed by atoms with Gasteiger partial charge in [0.2, 0.25) is 5.88 Å². The van der Waals surface area contributed by atoms with Crippen LogP contribution >= 0.6 is 0 Å². The number of carbonyl (C=O) groups excluding carboxylic acids is 1. The molecule has 3 aromatic rings. The first kappa shape index (κ1) is 31.3. The molecule has 1 saturated heterocycles. The molecule has 2 N–H and O–H groups in total. The average Bonchev–Trinajstić information content (AvgIpc) is 3.77. The van der Waals surface area contributed by atoms with E-state index in [2.05, 4.69) is 38.9 Å². The van der Waals surface area contributed by atoms with Crippen molar-refractivity contribution >= 4 is 27.6 Å². The van der Waals surface area contributed by atoms with Crippen LogP contribution in [0.1, 0.15) is 101 Å². The summed E-state index contributed by atoms with van der Waals surface area (Å²) in [6.07, 6.45) is 15.0. The first-order valence-corrected chi connectivity index (χ1v) is 18.0. The van der Waals surface area contributed by atoms with Gasteiger partial charge >= 0.3 is 0 Å². The third kappa shape index (κ3) is 7.26. The van der Waals surface area contributed by atoms with Crippen LogP contribution in [-0.4, -0.2) is 58.8 Å². The highest BCUT2D eigenvalue weighted by Gasteiger charge is 2.42. The number of nitrogens with one attached hydrogen (secondary N) is 2. The normalized spacial score (nSPS) is 22.4. The lowest BCUT2D eigenvalue weighted by molar-refractivity contribution is 0.0981. The van der Waals surface area contributed by atoms with Crippen molar-refractivity contribution in [3.8, 4) is 11.7 Å². The number of hydrogen-bond acceptors (Lipinski definition) is 9. The molecular formula is C33H45N7O4S. The molecule has 0 spiro atoms. The SMILES string of the molecule is CC1(C)CCC2CCCCCCCNc3cccc(n3)S(=O)(=O)NC(=O)c3ccc(-n4ccc(OCC5CCCC5)n4)nc3N21. The fraction of sp³-hybridized carbons (Fsp3) is 0.576. The molecule has 2 bridgehead atoms. The summed E-state index contributed by atoms with van der Waals surface area (Å²) < 4.78 is 36.7. The number of fused-ring (bicyclic) bond motifs is 5. The molecule has 2 fully saturated rings. The van der Waals surface area contributed by atoms with Crippen molar-refractivity contribution in [1.29, 1.82) is 0 Å². The summed E-state index contributed by atoms with van der Waals surface area (Å²) in [4.78, 5) is 25.4. The van der Waals surface area contributed by atoms with E-state index in [0.29, 0.717) is 42.4 Å². The Balaban J connectivity index is 1.35. The number of nitrogens with zero attached hydrogens (tertiary/aromatic N) is 5. The fourth-order valence-electron chi connectivity index (χ4n) is 6.96. The van der Waals surface area contributed by atoms with Gasteiger partial charge in [-0.2, -0.15) is 8.42 Å². The zero-order valence-corrected chi connectivity index (χ0v) is 27.2. The Labute approximate surface area is 266 Å². The second kappa shape index (κ2) is 13.4. The molecule has 5 heterocycles. The van der Waals surface area contributed by atoms with Crippen LogP contribution in [0.2, 0.25) is 0 Å². The largest absolute Gasteiger partial charge is 0.476 e. The van der Waals surface area contributed by atoms with Gasteiger partial charge in [0.1, 0.15) is 11.6 Å². The summed E-state index contributed by atoms with van der Waals surface area (Å²) in [5, 5.41) is 7.64. The molecule has 12 heteroatoms. The minimum atomic E-state index is -4.25. The highest BCUT2D eigenvalue weighted by Crippen LogP contribution is 2.41. The molecule has 2 aliphatic heterocycles. The van der Waals surface area contributed by atoms with E-state index >= 15 is 0 Å². The highest BCUT2D eigenvalue weighted by atomic mass is 32.2. The molecule has 0 aromatic carbocycles. The highest BCUT2D eigenvalue weighted by molar-refractivity contribution is 7.90. The van der Waals surface area contributed by atoms with Gasteiger partial charge in [0.05, 0.1) is 12.2 Å². The molecule has 1 unspecified atom stereocenters. The predicted molar refractivity (Wildman–Crippen MR) is 173 cm³/mol. The zero-order valence-electron chi connectivity index (χ0n) is 26.4. The second-order valence-electron chi connectivity index (χ2n) is 13.3. The first-order chi connectivity index (χ1) is 21.7. The summed E-state index contributed by atoms with van der Waals surface area (Å²) in [6.45, 7) is 5.69. The van der Waals surface area contributed by atoms with Crippen LogP contribution in [0.5, 0.6) is 5.88 Å². The van der Waals surface area contributed by atoms with Gasteiger partial charge in [-0.05, 0) is 82.6 Å². The lowest BCUT2D eigenvalue weighted by Crippen LogP contribution is -2.45. The van der Waals surface area contributed by atoms with Crippen molar-refractivity contribution in [3.63, 3.8) is 0 Å². The van der Waals surface area contributed by atoms with Gasteiger partial charge in [-0.1, -0.05) is 44.6 Å². The number of anilines is 2. The van der Waals surface area contributed by atoms with Crippen LogP contribution < -0.4 is 19.7 Å². The number of pyridine rings is 2. The quantitative estimate of drug-likeness (QED) is 0.362. The Hall–Kier alpha value is -3.67. The molecule has 1 atom stereocenters. The molecule has 6 rings (SSSR count). The molecule has 3 aliphatic rings. The zero-order chi connectivity index (χ0) is 31.4. The molecule has 1 amide bonds. The van der Waals surface area contributed by atoms with Crippen LogP contribution in [0.15, 0.2) is 47.6 Å². The van der Waals surface area contributed by atoms with Crippen LogP contribution in [0.3, 0.4) is 0 Å². The van der Waals surface area contributed by atoms with Gasteiger partial charge in [0, 0.05) is 30.4 Å². The van der Waals surface area contributed by atoms with Crippen LogP contribution in [-0.2, 0) is 10.0 Å². The molecule has 0 radical (unpaired) electrons. The van der Waals surface area contributed by atoms with Crippen LogP contribution in [0.25, 0.3) is 5.82 Å². The van der Waals surface area contributed by atoms with Gasteiger partial charge in [0.25, 0.3) is 15.9 Å². The number of sulfonamides is 1. The minimum absolute atomic E-state index is 0.174. The number of carbonyl (C=O) groups is 1. The topological polar surface area (TPSA) is 131 Å². The predicted octanol–water partition coefficient (Wildman–Crippen LogP) is 5.86. The van der Waals surface area contributed by atoms with Crippen molar-refractivity contribution in [3.05, 3.63) is 48.2 Å². The first-order valence-electron chi connectivity index (χ1n) is 16.5. The van der Waals surface area contributed by atoms with E-state index in [1.165, 1.54) is 31.7 Å². The summed E-state index contributed by atoms with van der Waals surface area (Å²) >= 11 is 0. The van der Waals surface area contributed by atoms with Crippen molar-refractivity contribution in [2.75, 3.05) is 23.4 Å². The Kier molecular flexibility index (Phi) is 9.30. The smallest absolute Gasteiger partial charge is 0.281 e. The van der Waals surface area contributed by atoms with E-state index < -0.39 is 15.9 Å². The maximum absolute atomic E-state index is 13.8. The second-order valence-corrected chi connectivity index (χ2v) is 14.9. The number of rotatable bonds is 4. The van der Waals surface area contributed by atoms with Gasteiger partial charge in [0.15, 0.2) is 10.8 Å². The van der Waals surface area contributed by atoms with E-state index in [4.69, 9.17) is 9.72 Å². The Morgan fingerprint density at radius 2 is 1.71 bits per heavy atom. The summed E-state index contributed by atoms with van der Waals surface area (Å²) in [5.74, 6) is 1.82. The van der Waals surface area contributed by atoms with Crippen molar-refractivity contribution < 1.29 is 17.9 Å². The van der Waals surface area contributed by atoms with E-state index in [0.717, 1.165) is 51.4 Å². The monoisotopic (exact) mass is 635 g/mol.